The van der Waals surface area contributed by atoms with E-state index in [4.69, 9.17) is 4.42 Å². The summed E-state index contributed by atoms with van der Waals surface area (Å²) in [5, 5.41) is 2.68. The third kappa shape index (κ3) is 2.79. The van der Waals surface area contributed by atoms with Gasteiger partial charge in [-0.05, 0) is 17.7 Å². The lowest BCUT2D eigenvalue weighted by Crippen LogP contribution is -2.56. The predicted octanol–water partition coefficient (Wildman–Crippen LogP) is 1.82. The summed E-state index contributed by atoms with van der Waals surface area (Å²) in [7, 11) is 1.64. The molecule has 1 fully saturated rings. The quantitative estimate of drug-likeness (QED) is 0.879. The van der Waals surface area contributed by atoms with E-state index in [0.717, 1.165) is 5.56 Å². The maximum atomic E-state index is 12.4. The summed E-state index contributed by atoms with van der Waals surface area (Å²) in [6.07, 6.45) is 3.54. The van der Waals surface area contributed by atoms with Gasteiger partial charge < -0.3 is 14.6 Å². The van der Waals surface area contributed by atoms with E-state index in [1.54, 1.807) is 19.2 Å². The molecular weight excluding hydrogens is 280 g/mol. The van der Waals surface area contributed by atoms with Crippen molar-refractivity contribution < 1.29 is 14.0 Å². The summed E-state index contributed by atoms with van der Waals surface area (Å²) in [6, 6.07) is 12.6. The minimum Gasteiger partial charge on any atom is -0.465 e. The Kier molecular flexibility index (Phi) is 3.78. The third-order valence-corrected chi connectivity index (χ3v) is 3.68. The number of nitrogens with one attached hydrogen (secondary N) is 1. The molecule has 0 unspecified atom stereocenters. The maximum Gasteiger partial charge on any atom is 0.270 e. The molecule has 1 aromatic heterocycles. The van der Waals surface area contributed by atoms with Gasteiger partial charge in [0, 0.05) is 19.5 Å². The highest BCUT2D eigenvalue weighted by Gasteiger charge is 2.35. The van der Waals surface area contributed by atoms with Gasteiger partial charge in [-0.2, -0.15) is 0 Å². The lowest BCUT2D eigenvalue weighted by atomic mass is 10.0. The third-order valence-electron chi connectivity index (χ3n) is 3.68. The summed E-state index contributed by atoms with van der Waals surface area (Å²) in [5.74, 6) is 0.110. The number of nitrogens with zero attached hydrogens (tertiary/aromatic N) is 1. The zero-order valence-corrected chi connectivity index (χ0v) is 12.2. The van der Waals surface area contributed by atoms with Gasteiger partial charge >= 0.3 is 0 Å². The largest absolute Gasteiger partial charge is 0.465 e. The van der Waals surface area contributed by atoms with Gasteiger partial charge in [0.15, 0.2) is 0 Å². The fraction of sp³-hybridized carbons (Fsp3) is 0.176. The van der Waals surface area contributed by atoms with Gasteiger partial charge in [0.1, 0.15) is 17.5 Å². The highest BCUT2D eigenvalue weighted by molar-refractivity contribution is 6.07. The van der Waals surface area contributed by atoms with Gasteiger partial charge in [-0.1, -0.05) is 30.3 Å². The monoisotopic (exact) mass is 296 g/mol. The number of rotatable bonds is 3. The van der Waals surface area contributed by atoms with Crippen molar-refractivity contribution in [3.8, 4) is 0 Å². The van der Waals surface area contributed by atoms with Gasteiger partial charge in [0.2, 0.25) is 5.91 Å². The Balaban J connectivity index is 1.80. The molecule has 2 amide bonds. The summed E-state index contributed by atoms with van der Waals surface area (Å²) < 4.78 is 5.18. The van der Waals surface area contributed by atoms with Crippen LogP contribution in [0.3, 0.4) is 0 Å². The Morgan fingerprint density at radius 1 is 1.18 bits per heavy atom. The first kappa shape index (κ1) is 14.1. The minimum atomic E-state index is -0.511. The molecule has 1 aliphatic rings. The van der Waals surface area contributed by atoms with Crippen molar-refractivity contribution in [2.75, 3.05) is 7.05 Å². The molecule has 22 heavy (non-hydrogen) atoms. The zero-order chi connectivity index (χ0) is 15.5. The van der Waals surface area contributed by atoms with Crippen LogP contribution < -0.4 is 5.32 Å². The number of likely N-dealkylation sites (N-methyl/N-ethyl adjacent to an activating group) is 1. The van der Waals surface area contributed by atoms with Gasteiger partial charge in [-0.3, -0.25) is 9.59 Å². The number of amides is 2. The molecule has 0 saturated carbocycles. The van der Waals surface area contributed by atoms with Crippen LogP contribution in [0.25, 0.3) is 6.08 Å². The fourth-order valence-corrected chi connectivity index (χ4v) is 2.46. The number of carbonyl (C=O) groups is 2. The Morgan fingerprint density at radius 2 is 1.95 bits per heavy atom. The second-order valence-corrected chi connectivity index (χ2v) is 5.18. The van der Waals surface area contributed by atoms with Crippen molar-refractivity contribution in [2.45, 2.75) is 12.5 Å². The maximum absolute atomic E-state index is 12.4. The number of hydrogen-bond donors (Lipinski definition) is 1. The van der Waals surface area contributed by atoms with E-state index >= 15 is 0 Å². The van der Waals surface area contributed by atoms with Crippen molar-refractivity contribution in [2.24, 2.45) is 0 Å². The van der Waals surface area contributed by atoms with Crippen LogP contribution in [0.15, 0.2) is 58.8 Å². The highest BCUT2D eigenvalue weighted by Crippen LogP contribution is 2.17. The van der Waals surface area contributed by atoms with Crippen molar-refractivity contribution in [3.05, 3.63) is 65.7 Å². The number of carbonyl (C=O) groups excluding carboxylic acids is 2. The zero-order valence-electron chi connectivity index (χ0n) is 12.2. The van der Waals surface area contributed by atoms with E-state index in [1.165, 1.54) is 17.2 Å². The van der Waals surface area contributed by atoms with Gasteiger partial charge in [0.05, 0.1) is 6.26 Å². The summed E-state index contributed by atoms with van der Waals surface area (Å²) >= 11 is 0. The first-order valence-electron chi connectivity index (χ1n) is 7.02. The molecular formula is C17H16N2O3. The lowest BCUT2D eigenvalue weighted by Gasteiger charge is -2.33. The Labute approximate surface area is 128 Å². The first-order valence-corrected chi connectivity index (χ1v) is 7.02. The Morgan fingerprint density at radius 3 is 2.64 bits per heavy atom. The smallest absolute Gasteiger partial charge is 0.270 e. The molecule has 5 heteroatoms. The minimum absolute atomic E-state index is 0.191. The molecule has 1 aliphatic heterocycles. The van der Waals surface area contributed by atoms with Crippen molar-refractivity contribution in [1.29, 1.82) is 0 Å². The molecule has 2 heterocycles. The van der Waals surface area contributed by atoms with E-state index in [-0.39, 0.29) is 17.5 Å². The molecule has 1 saturated heterocycles. The van der Waals surface area contributed by atoms with Crippen LogP contribution in [-0.2, 0) is 16.0 Å². The molecule has 1 atom stereocenters. The fourth-order valence-electron chi connectivity index (χ4n) is 2.46. The van der Waals surface area contributed by atoms with Gasteiger partial charge in [-0.15, -0.1) is 0 Å². The number of benzene rings is 1. The Bertz CT molecular complexity index is 705. The van der Waals surface area contributed by atoms with Crippen molar-refractivity contribution in [3.63, 3.8) is 0 Å². The first-order chi connectivity index (χ1) is 10.6. The van der Waals surface area contributed by atoms with Crippen LogP contribution in [0.1, 0.15) is 11.3 Å². The molecule has 0 aliphatic carbocycles. The van der Waals surface area contributed by atoms with Crippen molar-refractivity contribution >= 4 is 17.9 Å². The molecule has 5 nitrogen and oxygen atoms in total. The molecule has 112 valence electrons. The molecule has 0 radical (unpaired) electrons. The molecule has 3 rings (SSSR count). The van der Waals surface area contributed by atoms with Crippen molar-refractivity contribution in [1.82, 2.24) is 10.2 Å². The van der Waals surface area contributed by atoms with E-state index in [0.29, 0.717) is 12.2 Å². The van der Waals surface area contributed by atoms with Crippen LogP contribution in [-0.4, -0.2) is 29.8 Å². The van der Waals surface area contributed by atoms with E-state index in [9.17, 15) is 9.59 Å². The highest BCUT2D eigenvalue weighted by atomic mass is 16.3. The number of piperazine rings is 1. The van der Waals surface area contributed by atoms with Crippen LogP contribution in [0.2, 0.25) is 0 Å². The van der Waals surface area contributed by atoms with E-state index in [1.807, 2.05) is 30.3 Å². The standard InChI is InChI=1S/C17H16N2O3/c1-19-15(10-12-6-3-2-4-7-12)16(20)18-14(17(19)21)11-13-8-5-9-22-13/h2-9,11,15H,10H2,1H3,(H,18,20)/b14-11-/t15-/m0/s1. The van der Waals surface area contributed by atoms with Gasteiger partial charge in [0.25, 0.3) is 5.91 Å². The molecule has 1 N–H and O–H groups in total. The average Bonchev–Trinajstić information content (AvgIpc) is 3.03. The number of furan rings is 1. The normalized spacial score (nSPS) is 20.3. The number of hydrogen-bond acceptors (Lipinski definition) is 3. The molecule has 0 bridgehead atoms. The summed E-state index contributed by atoms with van der Waals surface area (Å²) in [6.45, 7) is 0. The summed E-state index contributed by atoms with van der Waals surface area (Å²) in [5.41, 5.74) is 1.24. The van der Waals surface area contributed by atoms with E-state index < -0.39 is 6.04 Å². The molecule has 1 aromatic carbocycles. The predicted molar refractivity (Wildman–Crippen MR) is 81.5 cm³/mol. The van der Waals surface area contributed by atoms with Crippen LogP contribution in [0, 0.1) is 0 Å². The average molecular weight is 296 g/mol. The SMILES string of the molecule is CN1C(=O)/C(=C/c2ccco2)NC(=O)[C@@H]1Cc1ccccc1. The summed E-state index contributed by atoms with van der Waals surface area (Å²) in [4.78, 5) is 26.2. The topological polar surface area (TPSA) is 62.6 Å². The second kappa shape index (κ2) is 5.89. The molecule has 2 aromatic rings. The van der Waals surface area contributed by atoms with E-state index in [2.05, 4.69) is 5.32 Å². The van der Waals surface area contributed by atoms with Crippen LogP contribution in [0.4, 0.5) is 0 Å². The Hall–Kier alpha value is -2.82. The van der Waals surface area contributed by atoms with Crippen LogP contribution >= 0.6 is 0 Å². The van der Waals surface area contributed by atoms with Gasteiger partial charge in [-0.25, -0.2) is 0 Å². The second-order valence-electron chi connectivity index (χ2n) is 5.18. The van der Waals surface area contributed by atoms with Crippen LogP contribution in [0.5, 0.6) is 0 Å². The molecule has 0 spiro atoms. The lowest BCUT2D eigenvalue weighted by molar-refractivity contribution is -0.140.